The topological polar surface area (TPSA) is 39.1 Å². The number of hydrogen-bond donors (Lipinski definition) is 0. The van der Waals surface area contributed by atoms with Crippen molar-refractivity contribution in [1.29, 1.82) is 0 Å². The Morgan fingerprint density at radius 2 is 1.95 bits per heavy atom. The summed E-state index contributed by atoms with van der Waals surface area (Å²) in [6.45, 7) is 1.44. The predicted molar refractivity (Wildman–Crippen MR) is 81.9 cm³/mol. The fraction of sp³-hybridized carbons (Fsp3) is 0.467. The standard InChI is InChI=1S/C15H22N4O/c1-17(2)15(18(3)4)16-11-12-6-5-7-13(10-12)19-9-8-14(19)20/h5-7,10H,8-9,11H2,1-4H3. The highest BCUT2D eigenvalue weighted by atomic mass is 16.2. The molecule has 1 aromatic rings. The van der Waals surface area contributed by atoms with E-state index in [2.05, 4.69) is 4.99 Å². The van der Waals surface area contributed by atoms with Crippen molar-refractivity contribution in [2.24, 2.45) is 4.99 Å². The van der Waals surface area contributed by atoms with E-state index in [9.17, 15) is 4.79 Å². The summed E-state index contributed by atoms with van der Waals surface area (Å²) in [6, 6.07) is 8.05. The zero-order valence-electron chi connectivity index (χ0n) is 12.6. The molecular formula is C15H22N4O. The van der Waals surface area contributed by atoms with E-state index in [0.717, 1.165) is 23.8 Å². The van der Waals surface area contributed by atoms with Crippen molar-refractivity contribution in [1.82, 2.24) is 9.80 Å². The van der Waals surface area contributed by atoms with Crippen molar-refractivity contribution < 1.29 is 4.79 Å². The van der Waals surface area contributed by atoms with Crippen LogP contribution in [0.3, 0.4) is 0 Å². The van der Waals surface area contributed by atoms with Crippen LogP contribution >= 0.6 is 0 Å². The summed E-state index contributed by atoms with van der Waals surface area (Å²) in [6.07, 6.45) is 0.661. The van der Waals surface area contributed by atoms with Crippen LogP contribution in [0.4, 0.5) is 5.69 Å². The van der Waals surface area contributed by atoms with Crippen LogP contribution in [0.25, 0.3) is 0 Å². The first-order valence-electron chi connectivity index (χ1n) is 6.77. The molecule has 0 radical (unpaired) electrons. The molecule has 0 bridgehead atoms. The quantitative estimate of drug-likeness (QED) is 0.475. The zero-order chi connectivity index (χ0) is 14.7. The monoisotopic (exact) mass is 274 g/mol. The second-order valence-electron chi connectivity index (χ2n) is 5.37. The van der Waals surface area contributed by atoms with Crippen molar-refractivity contribution in [3.63, 3.8) is 0 Å². The molecule has 5 heteroatoms. The Kier molecular flexibility index (Phi) is 4.27. The molecule has 0 spiro atoms. The van der Waals surface area contributed by atoms with Crippen LogP contribution in [-0.4, -0.2) is 56.4 Å². The lowest BCUT2D eigenvalue weighted by atomic mass is 10.1. The smallest absolute Gasteiger partial charge is 0.228 e. The fourth-order valence-corrected chi connectivity index (χ4v) is 2.26. The van der Waals surface area contributed by atoms with Crippen molar-refractivity contribution in [2.75, 3.05) is 39.6 Å². The molecule has 0 aromatic heterocycles. The van der Waals surface area contributed by atoms with E-state index in [0.29, 0.717) is 13.0 Å². The van der Waals surface area contributed by atoms with Gasteiger partial charge in [0.2, 0.25) is 5.91 Å². The van der Waals surface area contributed by atoms with E-state index in [4.69, 9.17) is 0 Å². The summed E-state index contributed by atoms with van der Waals surface area (Å²) >= 11 is 0. The van der Waals surface area contributed by atoms with Crippen molar-refractivity contribution in [3.05, 3.63) is 29.8 Å². The minimum absolute atomic E-state index is 0.202. The van der Waals surface area contributed by atoms with Crippen LogP contribution in [0.1, 0.15) is 12.0 Å². The Morgan fingerprint density at radius 1 is 1.25 bits per heavy atom. The summed E-state index contributed by atoms with van der Waals surface area (Å²) in [4.78, 5) is 21.9. The van der Waals surface area contributed by atoms with Gasteiger partial charge in [0, 0.05) is 46.8 Å². The molecule has 1 saturated heterocycles. The number of nitrogens with zero attached hydrogens (tertiary/aromatic N) is 4. The second kappa shape index (κ2) is 5.94. The highest BCUT2D eigenvalue weighted by molar-refractivity contribution is 5.99. The summed E-state index contributed by atoms with van der Waals surface area (Å²) < 4.78 is 0. The number of anilines is 1. The van der Waals surface area contributed by atoms with Gasteiger partial charge in [-0.25, -0.2) is 4.99 Å². The molecule has 1 heterocycles. The Bertz CT molecular complexity index is 512. The van der Waals surface area contributed by atoms with Crippen LogP contribution < -0.4 is 4.90 Å². The lowest BCUT2D eigenvalue weighted by molar-refractivity contribution is -0.122. The minimum atomic E-state index is 0.202. The number of guanidine groups is 1. The summed E-state index contributed by atoms with van der Waals surface area (Å²) in [5.74, 6) is 1.13. The van der Waals surface area contributed by atoms with Crippen molar-refractivity contribution in [2.45, 2.75) is 13.0 Å². The van der Waals surface area contributed by atoms with Gasteiger partial charge in [0.05, 0.1) is 6.54 Å². The number of rotatable bonds is 3. The van der Waals surface area contributed by atoms with Gasteiger partial charge in [-0.2, -0.15) is 0 Å². The molecule has 0 N–H and O–H groups in total. The van der Waals surface area contributed by atoms with Crippen molar-refractivity contribution in [3.8, 4) is 0 Å². The van der Waals surface area contributed by atoms with E-state index in [1.807, 2.05) is 67.2 Å². The van der Waals surface area contributed by atoms with Gasteiger partial charge in [0.1, 0.15) is 0 Å². The number of carbonyl (C=O) groups is 1. The maximum absolute atomic E-state index is 11.5. The number of amides is 1. The highest BCUT2D eigenvalue weighted by Crippen LogP contribution is 2.22. The van der Waals surface area contributed by atoms with Gasteiger partial charge in [0.25, 0.3) is 0 Å². The van der Waals surface area contributed by atoms with E-state index in [1.54, 1.807) is 0 Å². The molecule has 0 aliphatic carbocycles. The summed E-state index contributed by atoms with van der Waals surface area (Å²) in [5.41, 5.74) is 2.09. The lowest BCUT2D eigenvalue weighted by Crippen LogP contribution is -2.43. The Morgan fingerprint density at radius 3 is 2.45 bits per heavy atom. The van der Waals surface area contributed by atoms with Gasteiger partial charge in [-0.05, 0) is 17.7 Å². The largest absolute Gasteiger partial charge is 0.349 e. The summed E-state index contributed by atoms with van der Waals surface area (Å²) in [7, 11) is 7.92. The molecule has 0 unspecified atom stereocenters. The third-order valence-corrected chi connectivity index (χ3v) is 3.28. The Hall–Kier alpha value is -2.04. The first-order valence-corrected chi connectivity index (χ1v) is 6.77. The molecule has 5 nitrogen and oxygen atoms in total. The molecular weight excluding hydrogens is 252 g/mol. The second-order valence-corrected chi connectivity index (χ2v) is 5.37. The minimum Gasteiger partial charge on any atom is -0.349 e. The van der Waals surface area contributed by atoms with E-state index in [-0.39, 0.29) is 5.91 Å². The van der Waals surface area contributed by atoms with Gasteiger partial charge in [0.15, 0.2) is 5.96 Å². The van der Waals surface area contributed by atoms with Crippen LogP contribution in [0.2, 0.25) is 0 Å². The summed E-state index contributed by atoms with van der Waals surface area (Å²) in [5, 5.41) is 0. The van der Waals surface area contributed by atoms with Crippen LogP contribution in [0.5, 0.6) is 0 Å². The third kappa shape index (κ3) is 3.10. The van der Waals surface area contributed by atoms with Gasteiger partial charge in [-0.15, -0.1) is 0 Å². The van der Waals surface area contributed by atoms with Crippen LogP contribution in [-0.2, 0) is 11.3 Å². The van der Waals surface area contributed by atoms with E-state index >= 15 is 0 Å². The molecule has 108 valence electrons. The SMILES string of the molecule is CN(C)C(=NCc1cccc(N2CCC2=O)c1)N(C)C. The molecule has 0 atom stereocenters. The van der Waals surface area contributed by atoms with Crippen molar-refractivity contribution >= 4 is 17.6 Å². The van der Waals surface area contributed by atoms with E-state index in [1.165, 1.54) is 0 Å². The average molecular weight is 274 g/mol. The molecule has 0 saturated carbocycles. The van der Waals surface area contributed by atoms with Gasteiger partial charge < -0.3 is 14.7 Å². The van der Waals surface area contributed by atoms with Gasteiger partial charge in [-0.3, -0.25) is 4.79 Å². The molecule has 2 rings (SSSR count). The maximum Gasteiger partial charge on any atom is 0.228 e. The van der Waals surface area contributed by atoms with Gasteiger partial charge in [-0.1, -0.05) is 12.1 Å². The zero-order valence-corrected chi connectivity index (χ0v) is 12.6. The number of benzene rings is 1. The first kappa shape index (κ1) is 14.4. The maximum atomic E-state index is 11.5. The Labute approximate surface area is 120 Å². The Balaban J connectivity index is 2.11. The number of carbonyl (C=O) groups excluding carboxylic acids is 1. The normalized spacial score (nSPS) is 13.8. The molecule has 1 aliphatic rings. The van der Waals surface area contributed by atoms with Crippen LogP contribution in [0.15, 0.2) is 29.3 Å². The molecule has 1 aromatic carbocycles. The molecule has 1 aliphatic heterocycles. The number of aliphatic imine (C=N–C) groups is 1. The fourth-order valence-electron chi connectivity index (χ4n) is 2.26. The van der Waals surface area contributed by atoms with Gasteiger partial charge >= 0.3 is 0 Å². The third-order valence-electron chi connectivity index (χ3n) is 3.28. The lowest BCUT2D eigenvalue weighted by Gasteiger charge is -2.30. The predicted octanol–water partition coefficient (Wildman–Crippen LogP) is 1.40. The molecule has 1 amide bonds. The molecule has 1 fully saturated rings. The van der Waals surface area contributed by atoms with Crippen LogP contribution in [0, 0.1) is 0 Å². The average Bonchev–Trinajstić information content (AvgIpc) is 2.37. The first-order chi connectivity index (χ1) is 9.49. The number of hydrogen-bond acceptors (Lipinski definition) is 2. The van der Waals surface area contributed by atoms with E-state index < -0.39 is 0 Å². The highest BCUT2D eigenvalue weighted by Gasteiger charge is 2.24. The molecule has 20 heavy (non-hydrogen) atoms. The number of β-lactam (4-membered cyclic amide) rings is 1.